The zero-order valence-corrected chi connectivity index (χ0v) is 29.6. The highest BCUT2D eigenvalue weighted by molar-refractivity contribution is 5.95. The molecule has 3 aromatic heterocycles. The van der Waals surface area contributed by atoms with Crippen molar-refractivity contribution in [3.05, 3.63) is 106 Å². The number of nitrogens with one attached hydrogen (secondary N) is 3. The number of pyridine rings is 2. The van der Waals surface area contributed by atoms with Crippen LogP contribution in [0.4, 0.5) is 0 Å². The molecule has 9 heteroatoms. The summed E-state index contributed by atoms with van der Waals surface area (Å²) in [7, 11) is 0. The standard InChI is InChI=1S/C41H51N5O4/c1-40(2,3)22-28-19-31-35(23-41(16-10-17-41)50-38(31)44-24-28)43-25-36(47)34(20-27-11-5-4-6-12-27)45-37(48)29-21-32(33-15-9-18-42-33)39(49)46(26-29)30-13-7-8-14-30/h4-6,9,11-12,15,18-19,21,24,26,30,34-36,42-43,47H,7-8,10,13-14,16-17,20,22-23,25H2,1-3H3,(H,45,48)/t34-,35?,36+/m0/s1. The highest BCUT2D eigenvalue weighted by Gasteiger charge is 2.46. The molecule has 4 aromatic rings. The van der Waals surface area contributed by atoms with Crippen LogP contribution >= 0.6 is 0 Å². The second-order valence-corrected chi connectivity index (χ2v) is 16.0. The molecule has 0 radical (unpaired) electrons. The summed E-state index contributed by atoms with van der Waals surface area (Å²) in [4.78, 5) is 35.7. The van der Waals surface area contributed by atoms with Crippen LogP contribution in [-0.2, 0) is 12.8 Å². The van der Waals surface area contributed by atoms with Gasteiger partial charge in [0.1, 0.15) is 5.60 Å². The first-order chi connectivity index (χ1) is 24.1. The van der Waals surface area contributed by atoms with Crippen LogP contribution in [0.1, 0.15) is 111 Å². The zero-order valence-electron chi connectivity index (χ0n) is 29.6. The molecule has 50 heavy (non-hydrogen) atoms. The lowest BCUT2D eigenvalue weighted by atomic mass is 9.73. The lowest BCUT2D eigenvalue weighted by Crippen LogP contribution is -2.52. The first-order valence-electron chi connectivity index (χ1n) is 18.4. The van der Waals surface area contributed by atoms with Crippen molar-refractivity contribution in [3.8, 4) is 17.1 Å². The summed E-state index contributed by atoms with van der Waals surface area (Å²) in [6.45, 7) is 6.95. The monoisotopic (exact) mass is 677 g/mol. The first kappa shape index (κ1) is 34.2. The number of carbonyl (C=O) groups excluding carboxylic acids is 1. The molecule has 4 N–H and O–H groups in total. The van der Waals surface area contributed by atoms with Crippen molar-refractivity contribution < 1.29 is 14.6 Å². The predicted octanol–water partition coefficient (Wildman–Crippen LogP) is 6.68. The Morgan fingerprint density at radius 1 is 1.08 bits per heavy atom. The van der Waals surface area contributed by atoms with Crippen LogP contribution < -0.4 is 20.9 Å². The Hall–Kier alpha value is -4.21. The number of fused-ring (bicyclic) bond motifs is 1. The molecular weight excluding hydrogens is 626 g/mol. The van der Waals surface area contributed by atoms with Crippen LogP contribution in [0.15, 0.2) is 78.0 Å². The third kappa shape index (κ3) is 7.59. The summed E-state index contributed by atoms with van der Waals surface area (Å²) in [5.41, 5.74) is 4.58. The SMILES string of the molecule is CC(C)(C)Cc1cnc2c(c1)C(NC[C@@H](O)[C@H](Cc1ccccc1)NC(=O)c1cc(-c3ccc[nH]3)c(=O)n(C3CCCC3)c1)CC1(CCC1)O2. The van der Waals surface area contributed by atoms with E-state index in [1.807, 2.05) is 48.7 Å². The van der Waals surface area contributed by atoms with E-state index in [1.165, 1.54) is 5.56 Å². The van der Waals surface area contributed by atoms with E-state index in [1.54, 1.807) is 23.0 Å². The van der Waals surface area contributed by atoms with Gasteiger partial charge in [0, 0.05) is 49.2 Å². The first-order valence-corrected chi connectivity index (χ1v) is 18.4. The predicted molar refractivity (Wildman–Crippen MR) is 195 cm³/mol. The van der Waals surface area contributed by atoms with Crippen LogP contribution in [0, 0.1) is 5.41 Å². The molecule has 0 saturated heterocycles. The Morgan fingerprint density at radius 2 is 1.86 bits per heavy atom. The van der Waals surface area contributed by atoms with Crippen molar-refractivity contribution in [1.29, 1.82) is 0 Å². The van der Waals surface area contributed by atoms with Crippen molar-refractivity contribution in [2.75, 3.05) is 6.54 Å². The van der Waals surface area contributed by atoms with Gasteiger partial charge in [-0.1, -0.05) is 63.9 Å². The minimum absolute atomic E-state index is 0.0347. The second-order valence-electron chi connectivity index (χ2n) is 16.0. The lowest BCUT2D eigenvalue weighted by molar-refractivity contribution is -0.0421. The van der Waals surface area contributed by atoms with Crippen LogP contribution in [0.25, 0.3) is 11.3 Å². The Labute approximate surface area is 294 Å². The van der Waals surface area contributed by atoms with E-state index in [-0.39, 0.29) is 41.1 Å². The number of aromatic amines is 1. The van der Waals surface area contributed by atoms with Crippen LogP contribution in [0.3, 0.4) is 0 Å². The molecule has 1 amide bonds. The molecule has 3 aliphatic rings. The van der Waals surface area contributed by atoms with Crippen molar-refractivity contribution in [1.82, 2.24) is 25.2 Å². The normalized spacial score (nSPS) is 19.7. The molecule has 2 fully saturated rings. The van der Waals surface area contributed by atoms with Gasteiger partial charge in [0.25, 0.3) is 11.5 Å². The summed E-state index contributed by atoms with van der Waals surface area (Å²) in [5.74, 6) is 0.371. The Morgan fingerprint density at radius 3 is 2.54 bits per heavy atom. The van der Waals surface area contributed by atoms with Gasteiger partial charge in [0.2, 0.25) is 5.88 Å². The Kier molecular flexibility index (Phi) is 9.72. The fraction of sp³-hybridized carbons (Fsp3) is 0.488. The molecule has 264 valence electrons. The van der Waals surface area contributed by atoms with Gasteiger partial charge in [0.15, 0.2) is 0 Å². The molecule has 7 rings (SSSR count). The fourth-order valence-electron chi connectivity index (χ4n) is 8.03. The van der Waals surface area contributed by atoms with E-state index in [4.69, 9.17) is 9.72 Å². The molecule has 0 bridgehead atoms. The number of rotatable bonds is 11. The smallest absolute Gasteiger partial charge is 0.260 e. The number of ether oxygens (including phenoxy) is 1. The molecule has 3 atom stereocenters. The maximum Gasteiger partial charge on any atom is 0.260 e. The number of H-pyrrole nitrogens is 1. The zero-order chi connectivity index (χ0) is 34.9. The molecule has 1 aromatic carbocycles. The van der Waals surface area contributed by atoms with E-state index < -0.39 is 12.1 Å². The number of nitrogens with zero attached hydrogens (tertiary/aromatic N) is 2. The van der Waals surface area contributed by atoms with Crippen LogP contribution in [0.2, 0.25) is 0 Å². The van der Waals surface area contributed by atoms with Gasteiger partial charge in [-0.05, 0) is 85.8 Å². The summed E-state index contributed by atoms with van der Waals surface area (Å²) >= 11 is 0. The largest absolute Gasteiger partial charge is 0.471 e. The molecule has 1 unspecified atom stereocenters. The number of aliphatic hydroxyl groups is 1. The fourth-order valence-corrected chi connectivity index (χ4v) is 8.03. The summed E-state index contributed by atoms with van der Waals surface area (Å²) in [6, 6.07) is 17.0. The number of hydrogen-bond acceptors (Lipinski definition) is 6. The Bertz CT molecular complexity index is 1830. The highest BCUT2D eigenvalue weighted by atomic mass is 16.5. The summed E-state index contributed by atoms with van der Waals surface area (Å²) in [5, 5.41) is 18.7. The van der Waals surface area contributed by atoms with Crippen molar-refractivity contribution >= 4 is 5.91 Å². The lowest BCUT2D eigenvalue weighted by Gasteiger charge is -2.47. The number of aromatic nitrogens is 3. The molecule has 4 heterocycles. The van der Waals surface area contributed by atoms with Gasteiger partial charge in [-0.15, -0.1) is 0 Å². The third-order valence-electron chi connectivity index (χ3n) is 10.8. The van der Waals surface area contributed by atoms with E-state index in [9.17, 15) is 14.7 Å². The van der Waals surface area contributed by atoms with Gasteiger partial charge in [-0.2, -0.15) is 0 Å². The molecule has 1 aliphatic heterocycles. The van der Waals surface area contributed by atoms with Crippen LogP contribution in [0.5, 0.6) is 5.88 Å². The van der Waals surface area contributed by atoms with Gasteiger partial charge >= 0.3 is 0 Å². The molecule has 2 aliphatic carbocycles. The number of aliphatic hydroxyl groups excluding tert-OH is 1. The van der Waals surface area contributed by atoms with Crippen molar-refractivity contribution in [3.63, 3.8) is 0 Å². The maximum absolute atomic E-state index is 14.1. The molecular formula is C41H51N5O4. The summed E-state index contributed by atoms with van der Waals surface area (Å²) in [6.07, 6.45) is 13.8. The number of hydrogen-bond donors (Lipinski definition) is 4. The van der Waals surface area contributed by atoms with Crippen molar-refractivity contribution in [2.24, 2.45) is 5.41 Å². The molecule has 9 nitrogen and oxygen atoms in total. The van der Waals surface area contributed by atoms with Crippen LogP contribution in [-0.4, -0.2) is 49.8 Å². The maximum atomic E-state index is 14.1. The Balaban J connectivity index is 1.14. The quantitative estimate of drug-likeness (QED) is 0.141. The number of amides is 1. The number of carbonyl (C=O) groups is 1. The third-order valence-corrected chi connectivity index (χ3v) is 10.8. The van der Waals surface area contributed by atoms with E-state index in [2.05, 4.69) is 42.5 Å². The second kappa shape index (κ2) is 14.2. The van der Waals surface area contributed by atoms with E-state index >= 15 is 0 Å². The molecule has 2 saturated carbocycles. The van der Waals surface area contributed by atoms with Gasteiger partial charge in [-0.25, -0.2) is 4.98 Å². The highest BCUT2D eigenvalue weighted by Crippen LogP contribution is 2.48. The average Bonchev–Trinajstić information content (AvgIpc) is 3.82. The number of benzene rings is 1. The van der Waals surface area contributed by atoms with Gasteiger partial charge < -0.3 is 30.0 Å². The summed E-state index contributed by atoms with van der Waals surface area (Å²) < 4.78 is 8.25. The minimum atomic E-state index is -0.892. The van der Waals surface area contributed by atoms with Gasteiger partial charge in [0.05, 0.1) is 29.0 Å². The van der Waals surface area contributed by atoms with E-state index in [0.29, 0.717) is 29.1 Å². The topological polar surface area (TPSA) is 121 Å². The van der Waals surface area contributed by atoms with E-state index in [0.717, 1.165) is 68.9 Å². The van der Waals surface area contributed by atoms with Crippen molar-refractivity contribution in [2.45, 2.75) is 115 Å². The van der Waals surface area contributed by atoms with Gasteiger partial charge in [-0.3, -0.25) is 9.59 Å². The average molecular weight is 678 g/mol. The minimum Gasteiger partial charge on any atom is -0.471 e. The molecule has 1 spiro atoms.